The van der Waals surface area contributed by atoms with E-state index in [0.717, 1.165) is 43.4 Å². The fourth-order valence-electron chi connectivity index (χ4n) is 5.25. The van der Waals surface area contributed by atoms with Crippen LogP contribution in [0.15, 0.2) is 56.2 Å². The SMILES string of the molecule is CC1=C(C(=O)OC2CCCC2)[C@@H](c2coc3ccc(C)cc3c2=O)C2=C(CCCC2=O)N1. The van der Waals surface area contributed by atoms with Crippen LogP contribution in [0.2, 0.25) is 0 Å². The van der Waals surface area contributed by atoms with Crippen LogP contribution in [0.5, 0.6) is 0 Å². The summed E-state index contributed by atoms with van der Waals surface area (Å²) < 4.78 is 11.6. The van der Waals surface area contributed by atoms with Crippen molar-refractivity contribution in [2.24, 2.45) is 0 Å². The van der Waals surface area contributed by atoms with E-state index in [-0.39, 0.29) is 17.3 Å². The lowest BCUT2D eigenvalue weighted by molar-refractivity contribution is -0.144. The number of hydrogen-bond donors (Lipinski definition) is 1. The van der Waals surface area contributed by atoms with Gasteiger partial charge in [0.1, 0.15) is 11.7 Å². The van der Waals surface area contributed by atoms with E-state index in [2.05, 4.69) is 5.32 Å². The average Bonchev–Trinajstić information content (AvgIpc) is 3.26. The number of fused-ring (bicyclic) bond motifs is 1. The summed E-state index contributed by atoms with van der Waals surface area (Å²) >= 11 is 0. The third kappa shape index (κ3) is 3.48. The van der Waals surface area contributed by atoms with Gasteiger partial charge in [-0.25, -0.2) is 4.79 Å². The van der Waals surface area contributed by atoms with Crippen LogP contribution in [0, 0.1) is 6.92 Å². The first-order chi connectivity index (χ1) is 15.4. The molecule has 166 valence electrons. The largest absolute Gasteiger partial charge is 0.464 e. The highest BCUT2D eigenvalue weighted by Crippen LogP contribution is 2.42. The van der Waals surface area contributed by atoms with Crippen molar-refractivity contribution in [3.8, 4) is 0 Å². The third-order valence-electron chi connectivity index (χ3n) is 6.84. The standard InChI is InChI=1S/C26H27NO5/c1-14-10-11-21-17(12-14)25(29)18(13-31-21)23-22(26(30)32-16-6-3-4-7-16)15(2)27-19-8-5-9-20(28)24(19)23/h10-13,16,23,27H,3-9H2,1-2H3/t23-/m1/s1. The molecule has 1 aromatic heterocycles. The summed E-state index contributed by atoms with van der Waals surface area (Å²) in [6, 6.07) is 5.44. The van der Waals surface area contributed by atoms with Crippen molar-refractivity contribution < 1.29 is 18.7 Å². The van der Waals surface area contributed by atoms with Gasteiger partial charge in [-0.1, -0.05) is 11.6 Å². The zero-order valence-electron chi connectivity index (χ0n) is 18.5. The number of nitrogens with one attached hydrogen (secondary N) is 1. The number of allylic oxidation sites excluding steroid dienone is 3. The maximum Gasteiger partial charge on any atom is 0.337 e. The fraction of sp³-hybridized carbons (Fsp3) is 0.423. The number of rotatable bonds is 3. The van der Waals surface area contributed by atoms with E-state index < -0.39 is 11.9 Å². The predicted octanol–water partition coefficient (Wildman–Crippen LogP) is 4.56. The second kappa shape index (κ2) is 8.08. The molecule has 0 spiro atoms. The summed E-state index contributed by atoms with van der Waals surface area (Å²) in [6.07, 6.45) is 6.93. The zero-order valence-corrected chi connectivity index (χ0v) is 18.5. The monoisotopic (exact) mass is 433 g/mol. The molecule has 2 heterocycles. The Balaban J connectivity index is 1.67. The Kier molecular flexibility index (Phi) is 5.24. The van der Waals surface area contributed by atoms with Gasteiger partial charge in [0, 0.05) is 29.0 Å². The van der Waals surface area contributed by atoms with Crippen LogP contribution in [0.4, 0.5) is 0 Å². The molecule has 2 aromatic rings. The first-order valence-corrected chi connectivity index (χ1v) is 11.4. The Morgan fingerprint density at radius 1 is 1.09 bits per heavy atom. The lowest BCUT2D eigenvalue weighted by atomic mass is 9.75. The van der Waals surface area contributed by atoms with E-state index in [1.54, 1.807) is 12.1 Å². The maximum absolute atomic E-state index is 13.6. The summed E-state index contributed by atoms with van der Waals surface area (Å²) in [7, 11) is 0. The quantitative estimate of drug-likeness (QED) is 0.715. The zero-order chi connectivity index (χ0) is 22.4. The Morgan fingerprint density at radius 2 is 1.88 bits per heavy atom. The predicted molar refractivity (Wildman–Crippen MR) is 120 cm³/mol. The van der Waals surface area contributed by atoms with Gasteiger partial charge in [-0.2, -0.15) is 0 Å². The molecule has 3 aliphatic rings. The molecular formula is C26H27NO5. The van der Waals surface area contributed by atoms with Crippen LogP contribution in [0.1, 0.15) is 68.9 Å². The molecule has 1 N–H and O–H groups in total. The minimum absolute atomic E-state index is 0.0360. The molecule has 6 heteroatoms. The molecule has 1 aliphatic heterocycles. The van der Waals surface area contributed by atoms with Crippen LogP contribution in [0.25, 0.3) is 11.0 Å². The molecular weight excluding hydrogens is 406 g/mol. The number of hydrogen-bond acceptors (Lipinski definition) is 6. The first-order valence-electron chi connectivity index (χ1n) is 11.4. The summed E-state index contributed by atoms with van der Waals surface area (Å²) in [5.74, 6) is -1.28. The van der Waals surface area contributed by atoms with Gasteiger partial charge in [0.15, 0.2) is 11.2 Å². The number of carbonyl (C=O) groups is 2. The molecule has 2 aliphatic carbocycles. The first kappa shape index (κ1) is 20.7. The molecule has 32 heavy (non-hydrogen) atoms. The number of aryl methyl sites for hydroxylation is 1. The Bertz CT molecular complexity index is 1240. The number of esters is 1. The fourth-order valence-corrected chi connectivity index (χ4v) is 5.25. The van der Waals surface area contributed by atoms with Gasteiger partial charge in [0.2, 0.25) is 0 Å². The van der Waals surface area contributed by atoms with Crippen LogP contribution in [-0.2, 0) is 14.3 Å². The van der Waals surface area contributed by atoms with E-state index in [9.17, 15) is 14.4 Å². The molecule has 5 rings (SSSR count). The normalized spacial score (nSPS) is 21.7. The van der Waals surface area contributed by atoms with Gasteiger partial charge in [-0.15, -0.1) is 0 Å². The molecule has 1 saturated carbocycles. The van der Waals surface area contributed by atoms with Crippen molar-refractivity contribution in [1.29, 1.82) is 0 Å². The van der Waals surface area contributed by atoms with Crippen molar-refractivity contribution >= 4 is 22.7 Å². The molecule has 0 amide bonds. The van der Waals surface area contributed by atoms with Gasteiger partial charge in [0.25, 0.3) is 0 Å². The Hall–Kier alpha value is -3.15. The maximum atomic E-state index is 13.6. The van der Waals surface area contributed by atoms with Crippen molar-refractivity contribution in [2.75, 3.05) is 0 Å². The van der Waals surface area contributed by atoms with Gasteiger partial charge >= 0.3 is 5.97 Å². The van der Waals surface area contributed by atoms with Crippen LogP contribution in [-0.4, -0.2) is 17.9 Å². The van der Waals surface area contributed by atoms with E-state index in [1.165, 1.54) is 6.26 Å². The lowest BCUT2D eigenvalue weighted by Crippen LogP contribution is -2.36. The number of dihydropyridines is 1. The molecule has 0 saturated heterocycles. The van der Waals surface area contributed by atoms with Crippen LogP contribution in [0.3, 0.4) is 0 Å². The summed E-state index contributed by atoms with van der Waals surface area (Å²) in [6.45, 7) is 3.73. The van der Waals surface area contributed by atoms with Crippen molar-refractivity contribution in [3.63, 3.8) is 0 Å². The molecule has 0 bridgehead atoms. The number of carbonyl (C=O) groups excluding carboxylic acids is 2. The second-order valence-corrected chi connectivity index (χ2v) is 9.10. The highest BCUT2D eigenvalue weighted by Gasteiger charge is 2.41. The molecule has 1 aromatic carbocycles. The van der Waals surface area contributed by atoms with Crippen molar-refractivity contribution in [1.82, 2.24) is 5.32 Å². The van der Waals surface area contributed by atoms with Gasteiger partial charge in [-0.05, 0) is 64.5 Å². The third-order valence-corrected chi connectivity index (χ3v) is 6.84. The van der Waals surface area contributed by atoms with Crippen molar-refractivity contribution in [2.45, 2.75) is 70.8 Å². The lowest BCUT2D eigenvalue weighted by Gasteiger charge is -2.34. The van der Waals surface area contributed by atoms with Gasteiger partial charge < -0.3 is 14.5 Å². The number of ether oxygens (including phenoxy) is 1. The molecule has 0 unspecified atom stereocenters. The summed E-state index contributed by atoms with van der Waals surface area (Å²) in [5.41, 5.74) is 3.78. The molecule has 1 atom stereocenters. The average molecular weight is 434 g/mol. The summed E-state index contributed by atoms with van der Waals surface area (Å²) in [5, 5.41) is 3.73. The number of ketones is 1. The molecule has 1 fully saturated rings. The topological polar surface area (TPSA) is 85.6 Å². The Labute approximate surface area is 186 Å². The Morgan fingerprint density at radius 3 is 2.66 bits per heavy atom. The van der Waals surface area contributed by atoms with E-state index >= 15 is 0 Å². The molecule has 0 radical (unpaired) electrons. The van der Waals surface area contributed by atoms with Crippen LogP contribution < -0.4 is 10.7 Å². The highest BCUT2D eigenvalue weighted by atomic mass is 16.5. The number of Topliss-reactive ketones (excluding diaryl/α,β-unsaturated/α-hetero) is 1. The van der Waals surface area contributed by atoms with Gasteiger partial charge in [0.05, 0.1) is 23.1 Å². The van der Waals surface area contributed by atoms with E-state index in [0.29, 0.717) is 46.2 Å². The number of benzene rings is 1. The highest BCUT2D eigenvalue weighted by molar-refractivity contribution is 6.04. The minimum atomic E-state index is -0.783. The van der Waals surface area contributed by atoms with Crippen molar-refractivity contribution in [3.05, 3.63) is 68.4 Å². The second-order valence-electron chi connectivity index (χ2n) is 9.10. The van der Waals surface area contributed by atoms with Crippen LogP contribution >= 0.6 is 0 Å². The molecule has 6 nitrogen and oxygen atoms in total. The smallest absolute Gasteiger partial charge is 0.337 e. The van der Waals surface area contributed by atoms with Gasteiger partial charge in [-0.3, -0.25) is 9.59 Å². The van der Waals surface area contributed by atoms with E-state index in [1.807, 2.05) is 19.9 Å². The van der Waals surface area contributed by atoms with E-state index in [4.69, 9.17) is 9.15 Å². The summed E-state index contributed by atoms with van der Waals surface area (Å²) in [4.78, 5) is 40.0. The minimum Gasteiger partial charge on any atom is -0.464 e.